The first-order valence-corrected chi connectivity index (χ1v) is 8.75. The number of aliphatic hydroxyl groups is 1. The first kappa shape index (κ1) is 15.7. The average molecular weight is 349 g/mol. The number of aromatic amines is 1. The summed E-state index contributed by atoms with van der Waals surface area (Å²) in [5.41, 5.74) is 3.84. The highest BCUT2D eigenvalue weighted by Gasteiger charge is 2.15. The van der Waals surface area contributed by atoms with Gasteiger partial charge in [-0.1, -0.05) is 30.3 Å². The third-order valence-electron chi connectivity index (χ3n) is 4.43. The molecule has 0 radical (unpaired) electrons. The molecule has 0 aliphatic rings. The fraction of sp³-hybridized carbons (Fsp3) is 0.100. The van der Waals surface area contributed by atoms with Gasteiger partial charge in [0.1, 0.15) is 4.70 Å². The molecule has 0 unspecified atom stereocenters. The van der Waals surface area contributed by atoms with E-state index in [4.69, 9.17) is 0 Å². The molecule has 0 atom stereocenters. The summed E-state index contributed by atoms with van der Waals surface area (Å²) >= 11 is 1.40. The minimum Gasteiger partial charge on any atom is -0.392 e. The Kier molecular flexibility index (Phi) is 3.75. The largest absolute Gasteiger partial charge is 0.392 e. The molecule has 25 heavy (non-hydrogen) atoms. The lowest BCUT2D eigenvalue weighted by molar-refractivity contribution is 0.101. The molecule has 2 heterocycles. The number of thiophene rings is 1. The number of benzene rings is 2. The number of aliphatic hydroxyl groups excluding tert-OH is 1. The normalized spacial score (nSPS) is 11.3. The highest BCUT2D eigenvalue weighted by atomic mass is 32.1. The predicted octanol–water partition coefficient (Wildman–Crippen LogP) is 4.10. The molecule has 124 valence electrons. The monoisotopic (exact) mass is 349 g/mol. The quantitative estimate of drug-likeness (QED) is 0.547. The summed E-state index contributed by atoms with van der Waals surface area (Å²) in [5.74, 6) is 0.0106. The third-order valence-corrected chi connectivity index (χ3v) is 5.34. The predicted molar refractivity (Wildman–Crippen MR) is 101 cm³/mol. The summed E-state index contributed by atoms with van der Waals surface area (Å²) in [6.07, 6.45) is 0. The molecule has 2 aromatic carbocycles. The summed E-state index contributed by atoms with van der Waals surface area (Å²) in [4.78, 5) is 26.7. The van der Waals surface area contributed by atoms with Crippen molar-refractivity contribution in [3.63, 3.8) is 0 Å². The molecule has 0 bridgehead atoms. The third kappa shape index (κ3) is 2.49. The maximum atomic E-state index is 12.2. The first-order chi connectivity index (χ1) is 12.1. The van der Waals surface area contributed by atoms with Crippen molar-refractivity contribution in [2.45, 2.75) is 13.5 Å². The maximum absolute atomic E-state index is 12.2. The van der Waals surface area contributed by atoms with E-state index in [1.54, 1.807) is 12.1 Å². The van der Waals surface area contributed by atoms with Crippen LogP contribution in [0.1, 0.15) is 22.8 Å². The van der Waals surface area contributed by atoms with Gasteiger partial charge in [-0.3, -0.25) is 9.59 Å². The number of H-pyrrole nitrogens is 1. The standard InChI is InChI=1S/C20H15NO3S/c1-11(23)12-2-4-13(5-3-12)17-14(10-22)6-7-16-18(17)15-8-9-25-19(15)20(24)21-16/h2-9,22H,10H2,1H3,(H,21,24). The van der Waals surface area contributed by atoms with Crippen LogP contribution in [0.25, 0.3) is 32.1 Å². The second kappa shape index (κ2) is 5.95. The molecule has 2 N–H and O–H groups in total. The van der Waals surface area contributed by atoms with Gasteiger partial charge in [0.2, 0.25) is 0 Å². The molecule has 0 spiro atoms. The summed E-state index contributed by atoms with van der Waals surface area (Å²) < 4.78 is 0.671. The number of hydrogen-bond acceptors (Lipinski definition) is 4. The van der Waals surface area contributed by atoms with Gasteiger partial charge in [-0.2, -0.15) is 0 Å². The van der Waals surface area contributed by atoms with E-state index in [1.165, 1.54) is 18.3 Å². The lowest BCUT2D eigenvalue weighted by Crippen LogP contribution is -2.05. The van der Waals surface area contributed by atoms with E-state index in [0.29, 0.717) is 10.3 Å². The van der Waals surface area contributed by atoms with Gasteiger partial charge in [0.25, 0.3) is 5.56 Å². The van der Waals surface area contributed by atoms with Crippen LogP contribution in [0.15, 0.2) is 52.6 Å². The number of hydrogen-bond donors (Lipinski definition) is 2. The molecule has 5 heteroatoms. The van der Waals surface area contributed by atoms with Crippen molar-refractivity contribution >= 4 is 38.1 Å². The number of carbonyl (C=O) groups excluding carboxylic acids is 1. The van der Waals surface area contributed by atoms with Crippen LogP contribution >= 0.6 is 11.3 Å². The number of carbonyl (C=O) groups is 1. The van der Waals surface area contributed by atoms with E-state index in [0.717, 1.165) is 33.0 Å². The van der Waals surface area contributed by atoms with Crippen LogP contribution in [0.2, 0.25) is 0 Å². The van der Waals surface area contributed by atoms with Crippen molar-refractivity contribution < 1.29 is 9.90 Å². The van der Waals surface area contributed by atoms with Crippen LogP contribution in [0.3, 0.4) is 0 Å². The molecule has 0 aliphatic heterocycles. The molecule has 0 fully saturated rings. The summed E-state index contributed by atoms with van der Waals surface area (Å²) in [5, 5.41) is 13.5. The average Bonchev–Trinajstić information content (AvgIpc) is 3.11. The molecule has 4 nitrogen and oxygen atoms in total. The number of fused-ring (bicyclic) bond motifs is 3. The lowest BCUT2D eigenvalue weighted by Gasteiger charge is -2.13. The number of pyridine rings is 1. The highest BCUT2D eigenvalue weighted by Crippen LogP contribution is 2.36. The molecular weight excluding hydrogens is 334 g/mol. The van der Waals surface area contributed by atoms with Gasteiger partial charge in [0.15, 0.2) is 5.78 Å². The van der Waals surface area contributed by atoms with Gasteiger partial charge < -0.3 is 10.1 Å². The van der Waals surface area contributed by atoms with Crippen LogP contribution in [-0.2, 0) is 6.61 Å². The van der Waals surface area contributed by atoms with E-state index in [2.05, 4.69) is 4.98 Å². The number of Topliss-reactive ketones (excluding diaryl/α,β-unsaturated/α-hetero) is 1. The summed E-state index contributed by atoms with van der Waals surface area (Å²) in [7, 11) is 0. The van der Waals surface area contributed by atoms with Crippen molar-refractivity contribution in [2.75, 3.05) is 0 Å². The SMILES string of the molecule is CC(=O)c1ccc(-c2c(CO)ccc3[nH]c(=O)c4sccc4c23)cc1. The molecule has 0 amide bonds. The Bertz CT molecular complexity index is 1170. The van der Waals surface area contributed by atoms with Crippen molar-refractivity contribution in [3.8, 4) is 11.1 Å². The lowest BCUT2D eigenvalue weighted by atomic mass is 9.93. The molecular formula is C20H15NO3S. The fourth-order valence-electron chi connectivity index (χ4n) is 3.22. The molecule has 0 aliphatic carbocycles. The number of nitrogens with one attached hydrogen (secondary N) is 1. The van der Waals surface area contributed by atoms with Gasteiger partial charge >= 0.3 is 0 Å². The Balaban J connectivity index is 2.12. The second-order valence-corrected chi connectivity index (χ2v) is 6.85. The minimum absolute atomic E-state index is 0.0106. The van der Waals surface area contributed by atoms with Crippen molar-refractivity contribution in [1.29, 1.82) is 0 Å². The fourth-order valence-corrected chi connectivity index (χ4v) is 4.02. The van der Waals surface area contributed by atoms with Gasteiger partial charge in [-0.05, 0) is 41.1 Å². The summed E-state index contributed by atoms with van der Waals surface area (Å²) in [6, 6.07) is 12.9. The number of rotatable bonds is 3. The van der Waals surface area contributed by atoms with Crippen LogP contribution in [0.4, 0.5) is 0 Å². The Morgan fingerprint density at radius 2 is 1.88 bits per heavy atom. The molecule has 4 aromatic rings. The Morgan fingerprint density at radius 3 is 2.56 bits per heavy atom. The maximum Gasteiger partial charge on any atom is 0.266 e. The van der Waals surface area contributed by atoms with Crippen molar-refractivity contribution in [2.24, 2.45) is 0 Å². The topological polar surface area (TPSA) is 70.2 Å². The van der Waals surface area contributed by atoms with Gasteiger partial charge in [0.05, 0.1) is 6.61 Å². The van der Waals surface area contributed by atoms with Crippen LogP contribution in [0.5, 0.6) is 0 Å². The minimum atomic E-state index is -0.107. The highest BCUT2D eigenvalue weighted by molar-refractivity contribution is 7.17. The summed E-state index contributed by atoms with van der Waals surface area (Å²) in [6.45, 7) is 1.43. The van der Waals surface area contributed by atoms with Crippen LogP contribution in [0, 0.1) is 0 Å². The first-order valence-electron chi connectivity index (χ1n) is 7.87. The Hall–Kier alpha value is -2.76. The zero-order valence-electron chi connectivity index (χ0n) is 13.5. The second-order valence-electron chi connectivity index (χ2n) is 5.93. The molecule has 0 saturated carbocycles. The van der Waals surface area contributed by atoms with Crippen LogP contribution < -0.4 is 5.56 Å². The smallest absolute Gasteiger partial charge is 0.266 e. The van der Waals surface area contributed by atoms with Crippen molar-refractivity contribution in [3.05, 3.63) is 69.3 Å². The van der Waals surface area contributed by atoms with Crippen molar-refractivity contribution in [1.82, 2.24) is 4.98 Å². The number of aromatic nitrogens is 1. The Morgan fingerprint density at radius 1 is 1.12 bits per heavy atom. The van der Waals surface area contributed by atoms with E-state index in [1.807, 2.05) is 35.7 Å². The van der Waals surface area contributed by atoms with E-state index >= 15 is 0 Å². The van der Waals surface area contributed by atoms with Gasteiger partial charge in [0, 0.05) is 21.9 Å². The number of ketones is 1. The van der Waals surface area contributed by atoms with Gasteiger partial charge in [-0.15, -0.1) is 11.3 Å². The molecule has 2 aromatic heterocycles. The van der Waals surface area contributed by atoms with E-state index in [-0.39, 0.29) is 17.9 Å². The van der Waals surface area contributed by atoms with E-state index in [9.17, 15) is 14.7 Å². The molecule has 4 rings (SSSR count). The Labute approximate surface area is 147 Å². The van der Waals surface area contributed by atoms with E-state index < -0.39 is 0 Å². The van der Waals surface area contributed by atoms with Gasteiger partial charge in [-0.25, -0.2) is 0 Å². The molecule has 0 saturated heterocycles. The zero-order valence-corrected chi connectivity index (χ0v) is 14.3. The van der Waals surface area contributed by atoms with Crippen LogP contribution in [-0.4, -0.2) is 15.9 Å². The zero-order chi connectivity index (χ0) is 17.6.